The molecule has 0 saturated heterocycles. The standard InChI is InChI=1S/C12H13N5O/c1-2-13-9-4-7-14-10(8-9)11(18)17-12-15-5-3-6-16-12/h3-8H,2H2,1H3,(H,13,14)(H,15,16,17,18). The molecule has 2 aromatic heterocycles. The largest absolute Gasteiger partial charge is 0.385 e. The fraction of sp³-hybridized carbons (Fsp3) is 0.167. The molecule has 0 spiro atoms. The van der Waals surface area contributed by atoms with Gasteiger partial charge in [0.15, 0.2) is 0 Å². The minimum absolute atomic E-state index is 0.262. The van der Waals surface area contributed by atoms with Gasteiger partial charge >= 0.3 is 0 Å². The number of carbonyl (C=O) groups excluding carboxylic acids is 1. The maximum absolute atomic E-state index is 11.9. The molecule has 0 radical (unpaired) electrons. The van der Waals surface area contributed by atoms with Crippen molar-refractivity contribution >= 4 is 17.5 Å². The van der Waals surface area contributed by atoms with E-state index in [1.807, 2.05) is 6.92 Å². The van der Waals surface area contributed by atoms with Gasteiger partial charge in [0, 0.05) is 30.8 Å². The summed E-state index contributed by atoms with van der Waals surface area (Å²) in [6.07, 6.45) is 4.70. The van der Waals surface area contributed by atoms with Crippen LogP contribution < -0.4 is 10.6 Å². The third-order valence-electron chi connectivity index (χ3n) is 2.16. The third kappa shape index (κ3) is 3.00. The molecule has 2 N–H and O–H groups in total. The summed E-state index contributed by atoms with van der Waals surface area (Å²) in [6, 6.07) is 5.17. The number of hydrogen-bond donors (Lipinski definition) is 2. The zero-order valence-corrected chi connectivity index (χ0v) is 9.92. The number of amides is 1. The molecule has 2 heterocycles. The Morgan fingerprint density at radius 3 is 2.72 bits per heavy atom. The number of hydrogen-bond acceptors (Lipinski definition) is 5. The van der Waals surface area contributed by atoms with E-state index in [4.69, 9.17) is 0 Å². The number of anilines is 2. The van der Waals surface area contributed by atoms with Crippen molar-refractivity contribution in [2.45, 2.75) is 6.92 Å². The summed E-state index contributed by atoms with van der Waals surface area (Å²) < 4.78 is 0. The Balaban J connectivity index is 2.11. The highest BCUT2D eigenvalue weighted by Crippen LogP contribution is 2.08. The summed E-state index contributed by atoms with van der Waals surface area (Å²) in [5.74, 6) is -0.0703. The minimum atomic E-state index is -0.332. The van der Waals surface area contributed by atoms with Gasteiger partial charge < -0.3 is 5.32 Å². The fourth-order valence-corrected chi connectivity index (χ4v) is 1.40. The quantitative estimate of drug-likeness (QED) is 0.851. The highest BCUT2D eigenvalue weighted by Gasteiger charge is 2.09. The van der Waals surface area contributed by atoms with E-state index < -0.39 is 0 Å². The maximum Gasteiger partial charge on any atom is 0.276 e. The lowest BCUT2D eigenvalue weighted by Gasteiger charge is -2.05. The van der Waals surface area contributed by atoms with Crippen molar-refractivity contribution < 1.29 is 4.79 Å². The number of rotatable bonds is 4. The molecule has 2 rings (SSSR count). The van der Waals surface area contributed by atoms with Crippen LogP contribution >= 0.6 is 0 Å². The lowest BCUT2D eigenvalue weighted by molar-refractivity contribution is 0.102. The van der Waals surface area contributed by atoms with E-state index in [0.29, 0.717) is 5.69 Å². The van der Waals surface area contributed by atoms with Crippen LogP contribution in [0.1, 0.15) is 17.4 Å². The first-order valence-corrected chi connectivity index (χ1v) is 5.58. The molecule has 6 nitrogen and oxygen atoms in total. The first kappa shape index (κ1) is 12.0. The zero-order chi connectivity index (χ0) is 12.8. The van der Waals surface area contributed by atoms with Gasteiger partial charge in [-0.2, -0.15) is 0 Å². The van der Waals surface area contributed by atoms with Crippen molar-refractivity contribution in [1.82, 2.24) is 15.0 Å². The summed E-state index contributed by atoms with van der Waals surface area (Å²) in [5, 5.41) is 5.69. The predicted octanol–water partition coefficient (Wildman–Crippen LogP) is 1.56. The molecule has 0 bridgehead atoms. The first-order chi connectivity index (χ1) is 8.79. The molecule has 0 aliphatic rings. The summed E-state index contributed by atoms with van der Waals surface area (Å²) in [6.45, 7) is 2.77. The van der Waals surface area contributed by atoms with Gasteiger partial charge in [0.05, 0.1) is 0 Å². The molecule has 92 valence electrons. The Morgan fingerprint density at radius 2 is 2.00 bits per heavy atom. The van der Waals surface area contributed by atoms with E-state index in [2.05, 4.69) is 25.6 Å². The molecule has 1 amide bonds. The average molecular weight is 243 g/mol. The number of nitrogens with zero attached hydrogens (tertiary/aromatic N) is 3. The molecule has 2 aromatic rings. The summed E-state index contributed by atoms with van der Waals surface area (Å²) >= 11 is 0. The van der Waals surface area contributed by atoms with Gasteiger partial charge in [-0.1, -0.05) is 0 Å². The number of aromatic nitrogens is 3. The van der Waals surface area contributed by atoms with Crippen LogP contribution in [0.15, 0.2) is 36.8 Å². The SMILES string of the molecule is CCNc1ccnc(C(=O)Nc2ncccn2)c1. The number of nitrogens with one attached hydrogen (secondary N) is 2. The Bertz CT molecular complexity index is 529. The monoisotopic (exact) mass is 243 g/mol. The second-order valence-electron chi connectivity index (χ2n) is 3.49. The van der Waals surface area contributed by atoms with Crippen molar-refractivity contribution in [3.63, 3.8) is 0 Å². The van der Waals surface area contributed by atoms with Crippen LogP contribution in [-0.2, 0) is 0 Å². The van der Waals surface area contributed by atoms with Crippen LogP contribution in [0.5, 0.6) is 0 Å². The Labute approximate surface area is 105 Å². The van der Waals surface area contributed by atoms with E-state index >= 15 is 0 Å². The fourth-order valence-electron chi connectivity index (χ4n) is 1.40. The Morgan fingerprint density at radius 1 is 1.22 bits per heavy atom. The Hall–Kier alpha value is -2.50. The van der Waals surface area contributed by atoms with Gasteiger partial charge in [-0.05, 0) is 25.1 Å². The molecule has 0 aliphatic heterocycles. The maximum atomic E-state index is 11.9. The third-order valence-corrected chi connectivity index (χ3v) is 2.16. The number of carbonyl (C=O) groups is 1. The van der Waals surface area contributed by atoms with Crippen LogP contribution in [0.3, 0.4) is 0 Å². The summed E-state index contributed by atoms with van der Waals surface area (Å²) in [7, 11) is 0. The van der Waals surface area contributed by atoms with Crippen molar-refractivity contribution in [3.05, 3.63) is 42.5 Å². The Kier molecular flexibility index (Phi) is 3.80. The van der Waals surface area contributed by atoms with Gasteiger partial charge in [-0.25, -0.2) is 9.97 Å². The highest BCUT2D eigenvalue weighted by atomic mass is 16.2. The van der Waals surface area contributed by atoms with Crippen LogP contribution in [0.4, 0.5) is 11.6 Å². The van der Waals surface area contributed by atoms with Gasteiger partial charge in [0.25, 0.3) is 5.91 Å². The van der Waals surface area contributed by atoms with Gasteiger partial charge in [0.2, 0.25) is 5.95 Å². The molecule has 0 saturated carbocycles. The molecule has 0 aromatic carbocycles. The molecular formula is C12H13N5O. The van der Waals surface area contributed by atoms with E-state index in [1.54, 1.807) is 36.8 Å². The highest BCUT2D eigenvalue weighted by molar-refractivity contribution is 6.02. The molecule has 18 heavy (non-hydrogen) atoms. The smallest absolute Gasteiger partial charge is 0.276 e. The minimum Gasteiger partial charge on any atom is -0.385 e. The van der Waals surface area contributed by atoms with Crippen LogP contribution in [0.25, 0.3) is 0 Å². The first-order valence-electron chi connectivity index (χ1n) is 5.58. The lowest BCUT2D eigenvalue weighted by atomic mass is 10.3. The van der Waals surface area contributed by atoms with Crippen LogP contribution in [0.2, 0.25) is 0 Å². The van der Waals surface area contributed by atoms with Crippen LogP contribution in [-0.4, -0.2) is 27.4 Å². The van der Waals surface area contributed by atoms with Crippen molar-refractivity contribution in [2.24, 2.45) is 0 Å². The molecule has 6 heteroatoms. The van der Waals surface area contributed by atoms with Crippen LogP contribution in [0, 0.1) is 0 Å². The average Bonchev–Trinajstić information content (AvgIpc) is 2.40. The predicted molar refractivity (Wildman–Crippen MR) is 68.4 cm³/mol. The molecule has 0 unspecified atom stereocenters. The van der Waals surface area contributed by atoms with Gasteiger partial charge in [-0.3, -0.25) is 15.1 Å². The molecule has 0 atom stereocenters. The summed E-state index contributed by atoms with van der Waals surface area (Å²) in [5.41, 5.74) is 1.17. The van der Waals surface area contributed by atoms with E-state index in [0.717, 1.165) is 12.2 Å². The second-order valence-corrected chi connectivity index (χ2v) is 3.49. The normalized spacial score (nSPS) is 9.83. The molecule has 0 aliphatic carbocycles. The van der Waals surface area contributed by atoms with Gasteiger partial charge in [-0.15, -0.1) is 0 Å². The van der Waals surface area contributed by atoms with E-state index in [9.17, 15) is 4.79 Å². The van der Waals surface area contributed by atoms with E-state index in [-0.39, 0.29) is 11.9 Å². The number of pyridine rings is 1. The molecule has 0 fully saturated rings. The van der Waals surface area contributed by atoms with Crippen molar-refractivity contribution in [3.8, 4) is 0 Å². The zero-order valence-electron chi connectivity index (χ0n) is 9.92. The second kappa shape index (κ2) is 5.72. The molecular weight excluding hydrogens is 230 g/mol. The lowest BCUT2D eigenvalue weighted by Crippen LogP contribution is -2.15. The van der Waals surface area contributed by atoms with E-state index in [1.165, 1.54) is 0 Å². The van der Waals surface area contributed by atoms with Crippen molar-refractivity contribution in [1.29, 1.82) is 0 Å². The topological polar surface area (TPSA) is 79.8 Å². The van der Waals surface area contributed by atoms with Crippen molar-refractivity contribution in [2.75, 3.05) is 17.2 Å². The summed E-state index contributed by atoms with van der Waals surface area (Å²) in [4.78, 5) is 23.7. The van der Waals surface area contributed by atoms with Gasteiger partial charge in [0.1, 0.15) is 5.69 Å².